The Kier molecular flexibility index (Phi) is 5.58. The lowest BCUT2D eigenvalue weighted by Gasteiger charge is -2.09. The number of anilines is 1. The first-order valence-corrected chi connectivity index (χ1v) is 8.49. The number of rotatable bonds is 5. The molecule has 0 fully saturated rings. The largest absolute Gasteiger partial charge is 0.366 e. The fourth-order valence-electron chi connectivity index (χ4n) is 2.26. The smallest absolute Gasteiger partial charge is 0.269 e. The number of hydrogen-bond acceptors (Lipinski definition) is 4. The average Bonchev–Trinajstić information content (AvgIpc) is 2.59. The first-order valence-electron chi connectivity index (χ1n) is 7.36. The molecule has 1 N–H and O–H groups in total. The van der Waals surface area contributed by atoms with Crippen LogP contribution in [0.15, 0.2) is 53.7 Å². The summed E-state index contributed by atoms with van der Waals surface area (Å²) < 4.78 is 1.49. The Morgan fingerprint density at radius 3 is 2.44 bits per heavy atom. The molecule has 0 spiro atoms. The van der Waals surface area contributed by atoms with Crippen molar-refractivity contribution in [2.75, 3.05) is 5.32 Å². The van der Waals surface area contributed by atoms with Gasteiger partial charge in [-0.15, -0.1) is 0 Å². The number of halogens is 3. The molecular formula is C17H13Cl3N4O. The van der Waals surface area contributed by atoms with Gasteiger partial charge in [0, 0.05) is 18.8 Å². The van der Waals surface area contributed by atoms with Crippen LogP contribution in [0.4, 0.5) is 5.82 Å². The molecule has 0 aliphatic carbocycles. The van der Waals surface area contributed by atoms with Gasteiger partial charge in [0.05, 0.1) is 11.6 Å². The van der Waals surface area contributed by atoms with Crippen LogP contribution in [0.1, 0.15) is 11.1 Å². The number of pyridine rings is 1. The third-order valence-corrected chi connectivity index (χ3v) is 4.18. The average molecular weight is 396 g/mol. The van der Waals surface area contributed by atoms with Crippen LogP contribution < -0.4 is 10.9 Å². The molecule has 0 amide bonds. The zero-order chi connectivity index (χ0) is 17.8. The zero-order valence-corrected chi connectivity index (χ0v) is 15.2. The Hall–Kier alpha value is -2.08. The topological polar surface area (TPSA) is 59.8 Å². The van der Waals surface area contributed by atoms with E-state index in [0.29, 0.717) is 29.1 Å². The van der Waals surface area contributed by atoms with Gasteiger partial charge < -0.3 is 9.88 Å². The number of nitrogens with zero attached hydrogens (tertiary/aromatic N) is 3. The van der Waals surface area contributed by atoms with Crippen molar-refractivity contribution in [3.8, 4) is 0 Å². The normalized spacial score (nSPS) is 10.7. The van der Waals surface area contributed by atoms with E-state index in [2.05, 4.69) is 15.3 Å². The molecule has 3 rings (SSSR count). The second-order valence-electron chi connectivity index (χ2n) is 5.34. The second-order valence-corrected chi connectivity index (χ2v) is 6.57. The highest BCUT2D eigenvalue weighted by Gasteiger charge is 2.05. The molecule has 0 aliphatic heterocycles. The number of benzene rings is 1. The number of hydrogen-bond donors (Lipinski definition) is 1. The zero-order valence-electron chi connectivity index (χ0n) is 12.9. The van der Waals surface area contributed by atoms with Crippen molar-refractivity contribution >= 4 is 40.6 Å². The molecule has 3 aromatic rings. The van der Waals surface area contributed by atoms with Crippen LogP contribution in [0.25, 0.3) is 0 Å². The van der Waals surface area contributed by atoms with E-state index in [-0.39, 0.29) is 10.6 Å². The lowest BCUT2D eigenvalue weighted by Crippen LogP contribution is -2.20. The van der Waals surface area contributed by atoms with Crippen LogP contribution in [0, 0.1) is 0 Å². The van der Waals surface area contributed by atoms with Gasteiger partial charge in [0.1, 0.15) is 22.3 Å². The lowest BCUT2D eigenvalue weighted by molar-refractivity contribution is 0.759. The van der Waals surface area contributed by atoms with Crippen LogP contribution in [-0.2, 0) is 13.1 Å². The fourth-order valence-corrected chi connectivity index (χ4v) is 2.92. The molecular weight excluding hydrogens is 383 g/mol. The first kappa shape index (κ1) is 17.7. The summed E-state index contributed by atoms with van der Waals surface area (Å²) in [7, 11) is 0. The molecule has 8 heteroatoms. The molecule has 25 heavy (non-hydrogen) atoms. The third kappa shape index (κ3) is 4.72. The maximum absolute atomic E-state index is 12.0. The van der Waals surface area contributed by atoms with Crippen molar-refractivity contribution in [3.63, 3.8) is 0 Å². The predicted octanol–water partition coefficient (Wildman–Crippen LogP) is 4.26. The molecule has 0 saturated heterocycles. The van der Waals surface area contributed by atoms with E-state index in [1.165, 1.54) is 17.0 Å². The molecule has 0 radical (unpaired) electrons. The van der Waals surface area contributed by atoms with Crippen LogP contribution in [0.2, 0.25) is 15.2 Å². The van der Waals surface area contributed by atoms with Gasteiger partial charge in [-0.3, -0.25) is 4.79 Å². The minimum Gasteiger partial charge on any atom is -0.366 e. The molecule has 2 aromatic heterocycles. The molecule has 5 nitrogen and oxygen atoms in total. The summed E-state index contributed by atoms with van der Waals surface area (Å²) in [5.74, 6) is 0.657. The summed E-state index contributed by atoms with van der Waals surface area (Å²) in [5, 5.41) is 4.09. The third-order valence-electron chi connectivity index (χ3n) is 3.49. The quantitative estimate of drug-likeness (QED) is 0.656. The molecule has 0 saturated carbocycles. The SMILES string of the molecule is O=c1c(Cl)cc(Cl)cn1Cc1ccc(CNc2cc(Cl)ncn2)cc1. The highest BCUT2D eigenvalue weighted by atomic mass is 35.5. The summed E-state index contributed by atoms with van der Waals surface area (Å²) in [6, 6.07) is 10.9. The van der Waals surface area contributed by atoms with Gasteiger partial charge in [-0.1, -0.05) is 59.1 Å². The minimum absolute atomic E-state index is 0.108. The van der Waals surface area contributed by atoms with Crippen molar-refractivity contribution in [2.45, 2.75) is 13.1 Å². The van der Waals surface area contributed by atoms with E-state index in [1.54, 1.807) is 12.3 Å². The van der Waals surface area contributed by atoms with Crippen LogP contribution >= 0.6 is 34.8 Å². The number of aromatic nitrogens is 3. The molecule has 0 bridgehead atoms. The minimum atomic E-state index is -0.266. The van der Waals surface area contributed by atoms with Gasteiger partial charge in [0.25, 0.3) is 5.56 Å². The summed E-state index contributed by atoms with van der Waals surface area (Å²) in [4.78, 5) is 19.9. The van der Waals surface area contributed by atoms with E-state index in [4.69, 9.17) is 34.8 Å². The van der Waals surface area contributed by atoms with Crippen molar-refractivity contribution < 1.29 is 0 Å². The molecule has 128 valence electrons. The van der Waals surface area contributed by atoms with E-state index in [1.807, 2.05) is 24.3 Å². The van der Waals surface area contributed by atoms with Crippen molar-refractivity contribution in [1.82, 2.24) is 14.5 Å². The van der Waals surface area contributed by atoms with E-state index >= 15 is 0 Å². The maximum Gasteiger partial charge on any atom is 0.269 e. The van der Waals surface area contributed by atoms with Gasteiger partial charge in [0.15, 0.2) is 0 Å². The Morgan fingerprint density at radius 2 is 1.72 bits per heavy atom. The van der Waals surface area contributed by atoms with E-state index < -0.39 is 0 Å². The van der Waals surface area contributed by atoms with E-state index in [0.717, 1.165) is 11.1 Å². The highest BCUT2D eigenvalue weighted by Crippen LogP contribution is 2.14. The standard InChI is InChI=1S/C17H13Cl3N4O/c18-13-5-14(19)17(25)24(9-13)8-12-3-1-11(2-4-12)7-21-16-6-15(20)22-10-23-16/h1-6,9-10H,7-8H2,(H,21,22,23). The van der Waals surface area contributed by atoms with Crippen molar-refractivity contribution in [1.29, 1.82) is 0 Å². The Morgan fingerprint density at radius 1 is 1.00 bits per heavy atom. The molecule has 0 atom stereocenters. The van der Waals surface area contributed by atoms with E-state index in [9.17, 15) is 4.79 Å². The summed E-state index contributed by atoms with van der Waals surface area (Å²) >= 11 is 17.6. The summed E-state index contributed by atoms with van der Waals surface area (Å²) in [6.45, 7) is 0.991. The van der Waals surface area contributed by atoms with Crippen LogP contribution in [0.3, 0.4) is 0 Å². The molecule has 1 aromatic carbocycles. The van der Waals surface area contributed by atoms with Gasteiger partial charge >= 0.3 is 0 Å². The molecule has 2 heterocycles. The fraction of sp³-hybridized carbons (Fsp3) is 0.118. The van der Waals surface area contributed by atoms with Gasteiger partial charge in [0.2, 0.25) is 0 Å². The Labute approximate surface area is 159 Å². The lowest BCUT2D eigenvalue weighted by atomic mass is 10.1. The van der Waals surface area contributed by atoms with Crippen LogP contribution in [0.5, 0.6) is 0 Å². The first-order chi connectivity index (χ1) is 12.0. The summed E-state index contributed by atoms with van der Waals surface area (Å²) in [6.07, 6.45) is 2.98. The Bertz CT molecular complexity index is 941. The van der Waals surface area contributed by atoms with Gasteiger partial charge in [-0.05, 0) is 17.2 Å². The van der Waals surface area contributed by atoms with Crippen LogP contribution in [-0.4, -0.2) is 14.5 Å². The van der Waals surface area contributed by atoms with Gasteiger partial charge in [-0.25, -0.2) is 9.97 Å². The monoisotopic (exact) mass is 394 g/mol. The summed E-state index contributed by atoms with van der Waals surface area (Å²) in [5.41, 5.74) is 1.77. The second kappa shape index (κ2) is 7.87. The maximum atomic E-state index is 12.0. The molecule has 0 aliphatic rings. The van der Waals surface area contributed by atoms with Crippen molar-refractivity contribution in [2.24, 2.45) is 0 Å². The predicted molar refractivity (Wildman–Crippen MR) is 101 cm³/mol. The van der Waals surface area contributed by atoms with Gasteiger partial charge in [-0.2, -0.15) is 0 Å². The Balaban J connectivity index is 1.67. The van der Waals surface area contributed by atoms with Crippen molar-refractivity contribution in [3.05, 3.63) is 85.6 Å². The highest BCUT2D eigenvalue weighted by molar-refractivity contribution is 6.34. The number of nitrogens with one attached hydrogen (secondary N) is 1. The molecule has 0 unspecified atom stereocenters.